The van der Waals surface area contributed by atoms with Gasteiger partial charge >= 0.3 is 11.9 Å². The van der Waals surface area contributed by atoms with Crippen LogP contribution in [-0.2, 0) is 4.79 Å². The minimum absolute atomic E-state index is 0.0290. The summed E-state index contributed by atoms with van der Waals surface area (Å²) in [5.41, 5.74) is -0.0740. The van der Waals surface area contributed by atoms with Gasteiger partial charge < -0.3 is 5.32 Å². The van der Waals surface area contributed by atoms with Gasteiger partial charge in [-0.3, -0.25) is 9.69 Å². The second-order valence-corrected chi connectivity index (χ2v) is 10.5. The fraction of sp³-hybridized carbons (Fsp3) is 0.211. The highest BCUT2D eigenvalue weighted by Crippen LogP contribution is 2.35. The number of aliphatic imine (C=N–C) groups is 1. The lowest BCUT2D eigenvalue weighted by atomic mass is 10.2. The molecule has 6 nitrogen and oxygen atoms in total. The number of nitrogens with zero attached hydrogens (tertiary/aromatic N) is 3. The van der Waals surface area contributed by atoms with E-state index in [4.69, 9.17) is 11.6 Å². The third-order valence-electron chi connectivity index (χ3n) is 4.28. The molecule has 0 spiro atoms. The number of imide groups is 1. The summed E-state index contributed by atoms with van der Waals surface area (Å²) in [5.74, 6) is -2.38. The Balaban J connectivity index is 2.02. The number of urea groups is 1. The molecular formula is C19H15Br2ClF2N4O2. The maximum absolute atomic E-state index is 14.2. The maximum Gasteiger partial charge on any atom is 0.337 e. The van der Waals surface area contributed by atoms with Gasteiger partial charge in [0.15, 0.2) is 0 Å². The highest BCUT2D eigenvalue weighted by atomic mass is 79.9. The van der Waals surface area contributed by atoms with Gasteiger partial charge in [-0.1, -0.05) is 56.1 Å². The van der Waals surface area contributed by atoms with Crippen LogP contribution in [-0.4, -0.2) is 45.0 Å². The first-order valence-corrected chi connectivity index (χ1v) is 10.7. The van der Waals surface area contributed by atoms with E-state index in [1.165, 1.54) is 43.4 Å². The van der Waals surface area contributed by atoms with E-state index in [1.807, 2.05) is 0 Å². The van der Waals surface area contributed by atoms with Crippen LogP contribution in [0.2, 0.25) is 0 Å². The number of nitrogens with one attached hydrogen (secondary N) is 1. The van der Waals surface area contributed by atoms with Gasteiger partial charge in [0.2, 0.25) is 5.84 Å². The predicted molar refractivity (Wildman–Crippen MR) is 120 cm³/mol. The molecule has 1 fully saturated rings. The highest BCUT2D eigenvalue weighted by Gasteiger charge is 2.44. The second-order valence-electron chi connectivity index (χ2n) is 6.31. The Morgan fingerprint density at radius 3 is 2.30 bits per heavy atom. The molecule has 0 radical (unpaired) electrons. The number of alkyl halides is 3. The second kappa shape index (κ2) is 8.99. The van der Waals surface area contributed by atoms with Gasteiger partial charge in [0, 0.05) is 7.05 Å². The zero-order valence-corrected chi connectivity index (χ0v) is 19.4. The maximum atomic E-state index is 14.2. The molecule has 1 aliphatic rings. The number of hydrogen-bond acceptors (Lipinski definition) is 4. The molecular weight excluding hydrogens is 549 g/mol. The summed E-state index contributed by atoms with van der Waals surface area (Å²) in [5, 5.41) is 2.86. The van der Waals surface area contributed by atoms with E-state index in [2.05, 4.69) is 42.2 Å². The fourth-order valence-electron chi connectivity index (χ4n) is 2.71. The Morgan fingerprint density at radius 1 is 1.10 bits per heavy atom. The summed E-state index contributed by atoms with van der Waals surface area (Å²) < 4.78 is 27.2. The summed E-state index contributed by atoms with van der Waals surface area (Å²) in [6.45, 7) is 0. The van der Waals surface area contributed by atoms with Crippen molar-refractivity contribution in [3.8, 4) is 0 Å². The Hall–Kier alpha value is -2.04. The third kappa shape index (κ3) is 4.35. The molecule has 30 heavy (non-hydrogen) atoms. The van der Waals surface area contributed by atoms with Crippen molar-refractivity contribution in [1.82, 2.24) is 4.90 Å². The standard InChI is InChI=1S/C19H15Br2ClF2N4O2/c1-27-15(16(29)28(18(27)30)14-9-5-3-7-12(14)24)26-17(19(20,21)10-22)25-13-8-4-2-6-11(13)23/h2-9,17,25H,10H2,1H3. The SMILES string of the molecule is CN1C(=O)N(c2ccccc2F)C(=O)C1=NC(Nc1ccccc1F)C(Br)(Br)CCl. The summed E-state index contributed by atoms with van der Waals surface area (Å²) in [4.78, 5) is 31.6. The first-order chi connectivity index (χ1) is 14.2. The number of amides is 3. The lowest BCUT2D eigenvalue weighted by molar-refractivity contribution is -0.111. The Kier molecular flexibility index (Phi) is 6.78. The fourth-order valence-corrected chi connectivity index (χ4v) is 3.29. The van der Waals surface area contributed by atoms with Crippen LogP contribution in [0.15, 0.2) is 53.5 Å². The normalized spacial score (nSPS) is 17.1. The van der Waals surface area contributed by atoms with E-state index < -0.39 is 33.0 Å². The van der Waals surface area contributed by atoms with Gasteiger partial charge in [0.1, 0.15) is 21.0 Å². The molecule has 2 aromatic carbocycles. The highest BCUT2D eigenvalue weighted by molar-refractivity contribution is 9.25. The molecule has 1 N–H and O–H groups in total. The molecule has 1 heterocycles. The summed E-state index contributed by atoms with van der Waals surface area (Å²) >= 11 is 12.7. The van der Waals surface area contributed by atoms with Crippen molar-refractivity contribution in [2.24, 2.45) is 4.99 Å². The van der Waals surface area contributed by atoms with Crippen molar-refractivity contribution in [2.45, 2.75) is 9.40 Å². The topological polar surface area (TPSA) is 65.0 Å². The summed E-state index contributed by atoms with van der Waals surface area (Å²) in [7, 11) is 1.34. The predicted octanol–water partition coefficient (Wildman–Crippen LogP) is 4.92. The number of likely N-dealkylation sites (N-methyl/N-ethyl adjacent to an activating group) is 1. The minimum Gasteiger partial charge on any atom is -0.359 e. The quantitative estimate of drug-likeness (QED) is 0.400. The number of amidine groups is 1. The van der Waals surface area contributed by atoms with Crippen molar-refractivity contribution >= 4 is 72.6 Å². The van der Waals surface area contributed by atoms with Gasteiger partial charge in [0.25, 0.3) is 0 Å². The molecule has 1 aliphatic heterocycles. The average molecular weight is 565 g/mol. The molecule has 0 aliphatic carbocycles. The summed E-state index contributed by atoms with van der Waals surface area (Å²) in [6.07, 6.45) is -1.01. The van der Waals surface area contributed by atoms with Crippen LogP contribution in [0.3, 0.4) is 0 Å². The lowest BCUT2D eigenvalue weighted by Crippen LogP contribution is -2.40. The zero-order chi connectivity index (χ0) is 22.1. The molecule has 11 heteroatoms. The molecule has 3 amide bonds. The number of carbonyl (C=O) groups is 2. The van der Waals surface area contributed by atoms with E-state index in [0.29, 0.717) is 4.90 Å². The number of carbonyl (C=O) groups excluding carboxylic acids is 2. The number of para-hydroxylation sites is 2. The Morgan fingerprint density at radius 2 is 1.70 bits per heavy atom. The van der Waals surface area contributed by atoms with Crippen LogP contribution in [0.4, 0.5) is 25.0 Å². The number of halogens is 5. The first-order valence-electron chi connectivity index (χ1n) is 8.56. The number of anilines is 2. The number of hydrogen-bond donors (Lipinski definition) is 1. The van der Waals surface area contributed by atoms with E-state index in [-0.39, 0.29) is 23.1 Å². The lowest BCUT2D eigenvalue weighted by Gasteiger charge is -2.28. The van der Waals surface area contributed by atoms with Gasteiger partial charge in [-0.15, -0.1) is 11.6 Å². The number of benzene rings is 2. The van der Waals surface area contributed by atoms with E-state index in [9.17, 15) is 18.4 Å². The number of rotatable bonds is 6. The van der Waals surface area contributed by atoms with E-state index >= 15 is 0 Å². The molecule has 3 rings (SSSR count). The van der Waals surface area contributed by atoms with Crippen molar-refractivity contribution in [1.29, 1.82) is 0 Å². The van der Waals surface area contributed by atoms with Crippen molar-refractivity contribution in [3.63, 3.8) is 0 Å². The van der Waals surface area contributed by atoms with Crippen molar-refractivity contribution in [3.05, 3.63) is 60.2 Å². The van der Waals surface area contributed by atoms with Gasteiger partial charge in [-0.2, -0.15) is 0 Å². The van der Waals surface area contributed by atoms with Crippen LogP contribution < -0.4 is 10.2 Å². The van der Waals surface area contributed by atoms with Gasteiger partial charge in [0.05, 0.1) is 17.3 Å². The Bertz CT molecular complexity index is 1020. The Labute approximate surface area is 193 Å². The van der Waals surface area contributed by atoms with Crippen LogP contribution in [0.5, 0.6) is 0 Å². The van der Waals surface area contributed by atoms with E-state index in [0.717, 1.165) is 11.0 Å². The van der Waals surface area contributed by atoms with Crippen LogP contribution in [0, 0.1) is 11.6 Å². The monoisotopic (exact) mass is 562 g/mol. The smallest absolute Gasteiger partial charge is 0.337 e. The van der Waals surface area contributed by atoms with Gasteiger partial charge in [-0.05, 0) is 24.3 Å². The van der Waals surface area contributed by atoms with Crippen LogP contribution >= 0.6 is 43.5 Å². The van der Waals surface area contributed by atoms with Gasteiger partial charge in [-0.25, -0.2) is 23.5 Å². The van der Waals surface area contributed by atoms with Crippen molar-refractivity contribution in [2.75, 3.05) is 23.1 Å². The average Bonchev–Trinajstić information content (AvgIpc) is 2.92. The summed E-state index contributed by atoms with van der Waals surface area (Å²) in [6, 6.07) is 10.5. The molecule has 0 bridgehead atoms. The van der Waals surface area contributed by atoms with Crippen LogP contribution in [0.1, 0.15) is 0 Å². The molecule has 0 saturated carbocycles. The molecule has 1 saturated heterocycles. The zero-order valence-electron chi connectivity index (χ0n) is 15.5. The molecule has 1 unspecified atom stereocenters. The first kappa shape index (κ1) is 22.6. The largest absolute Gasteiger partial charge is 0.359 e. The molecule has 158 valence electrons. The minimum atomic E-state index is -1.09. The van der Waals surface area contributed by atoms with Crippen molar-refractivity contribution < 1.29 is 18.4 Å². The molecule has 1 atom stereocenters. The molecule has 2 aromatic rings. The van der Waals surface area contributed by atoms with E-state index in [1.54, 1.807) is 6.07 Å². The third-order valence-corrected chi connectivity index (χ3v) is 6.77. The molecule has 0 aromatic heterocycles. The van der Waals surface area contributed by atoms with Crippen LogP contribution in [0.25, 0.3) is 0 Å².